The van der Waals surface area contributed by atoms with E-state index in [1.165, 1.54) is 0 Å². The van der Waals surface area contributed by atoms with Gasteiger partial charge in [-0.25, -0.2) is 0 Å². The van der Waals surface area contributed by atoms with Crippen LogP contribution in [0.1, 0.15) is 18.9 Å². The maximum absolute atomic E-state index is 9.37. The van der Waals surface area contributed by atoms with E-state index in [4.69, 9.17) is 11.6 Å². The van der Waals surface area contributed by atoms with Crippen LogP contribution in [0.15, 0.2) is 18.2 Å². The van der Waals surface area contributed by atoms with E-state index >= 15 is 0 Å². The van der Waals surface area contributed by atoms with Crippen molar-refractivity contribution in [1.29, 1.82) is 0 Å². The molecule has 1 aromatic carbocycles. The lowest BCUT2D eigenvalue weighted by molar-refractivity contribution is 0.183. The number of anilines is 1. The number of nitrogens with one attached hydrogen (secondary N) is 1. The zero-order chi connectivity index (χ0) is 10.6. The highest BCUT2D eigenvalue weighted by Gasteiger charge is 2.04. The zero-order valence-electron chi connectivity index (χ0n) is 8.55. The van der Waals surface area contributed by atoms with Crippen LogP contribution < -0.4 is 5.32 Å². The van der Waals surface area contributed by atoms with E-state index in [0.717, 1.165) is 22.7 Å². The van der Waals surface area contributed by atoms with E-state index in [9.17, 15) is 5.11 Å². The van der Waals surface area contributed by atoms with Crippen molar-refractivity contribution < 1.29 is 5.11 Å². The van der Waals surface area contributed by atoms with Gasteiger partial charge >= 0.3 is 0 Å². The fraction of sp³-hybridized carbons (Fsp3) is 0.455. The van der Waals surface area contributed by atoms with Crippen LogP contribution in [-0.4, -0.2) is 17.8 Å². The van der Waals surface area contributed by atoms with Gasteiger partial charge in [0.15, 0.2) is 0 Å². The molecule has 3 heteroatoms. The predicted octanol–water partition coefficient (Wildman–Crippen LogP) is 2.83. The molecule has 0 aromatic heterocycles. The van der Waals surface area contributed by atoms with Crippen molar-refractivity contribution in [2.75, 3.05) is 11.9 Å². The Bertz CT molecular complexity index is 301. The van der Waals surface area contributed by atoms with Gasteiger partial charge in [0.25, 0.3) is 0 Å². The molecular weight excluding hydrogens is 198 g/mol. The SMILES string of the molecule is CC[C@@H](O)CNc1cccc(C)c1Cl. The highest BCUT2D eigenvalue weighted by Crippen LogP contribution is 2.24. The molecule has 0 aliphatic rings. The molecule has 0 unspecified atom stereocenters. The zero-order valence-corrected chi connectivity index (χ0v) is 9.30. The first kappa shape index (κ1) is 11.3. The molecule has 1 aromatic rings. The minimum absolute atomic E-state index is 0.313. The lowest BCUT2D eigenvalue weighted by Crippen LogP contribution is -2.18. The quantitative estimate of drug-likeness (QED) is 0.806. The minimum Gasteiger partial charge on any atom is -0.391 e. The molecule has 14 heavy (non-hydrogen) atoms. The van der Waals surface area contributed by atoms with Crippen molar-refractivity contribution in [3.8, 4) is 0 Å². The monoisotopic (exact) mass is 213 g/mol. The van der Waals surface area contributed by atoms with Crippen molar-refractivity contribution in [3.63, 3.8) is 0 Å². The summed E-state index contributed by atoms with van der Waals surface area (Å²) in [7, 11) is 0. The van der Waals surface area contributed by atoms with Crippen LogP contribution in [0.4, 0.5) is 5.69 Å². The second-order valence-electron chi connectivity index (χ2n) is 3.38. The maximum Gasteiger partial charge on any atom is 0.0709 e. The van der Waals surface area contributed by atoms with Gasteiger partial charge in [0.1, 0.15) is 0 Å². The first-order valence-corrected chi connectivity index (χ1v) is 5.20. The molecule has 0 spiro atoms. The minimum atomic E-state index is -0.313. The van der Waals surface area contributed by atoms with Crippen LogP contribution in [0.3, 0.4) is 0 Å². The molecule has 0 saturated heterocycles. The Labute approximate surface area is 89.9 Å². The number of aliphatic hydroxyl groups is 1. The van der Waals surface area contributed by atoms with Crippen molar-refractivity contribution in [2.45, 2.75) is 26.4 Å². The van der Waals surface area contributed by atoms with Gasteiger partial charge in [-0.15, -0.1) is 0 Å². The largest absolute Gasteiger partial charge is 0.391 e. The topological polar surface area (TPSA) is 32.3 Å². The summed E-state index contributed by atoms with van der Waals surface area (Å²) in [5.41, 5.74) is 1.93. The maximum atomic E-state index is 9.37. The van der Waals surface area contributed by atoms with Crippen molar-refractivity contribution >= 4 is 17.3 Å². The average molecular weight is 214 g/mol. The number of halogens is 1. The molecule has 0 aliphatic carbocycles. The first-order chi connectivity index (χ1) is 6.65. The summed E-state index contributed by atoms with van der Waals surface area (Å²) in [6.45, 7) is 4.45. The highest BCUT2D eigenvalue weighted by atomic mass is 35.5. The second kappa shape index (κ2) is 5.23. The molecule has 2 nitrogen and oxygen atoms in total. The van der Waals surface area contributed by atoms with Crippen LogP contribution >= 0.6 is 11.6 Å². The third-order valence-electron chi connectivity index (χ3n) is 2.19. The van der Waals surface area contributed by atoms with E-state index < -0.39 is 0 Å². The van der Waals surface area contributed by atoms with Crippen molar-refractivity contribution in [1.82, 2.24) is 0 Å². The van der Waals surface area contributed by atoms with Gasteiger partial charge in [-0.1, -0.05) is 30.7 Å². The Hall–Kier alpha value is -0.730. The van der Waals surface area contributed by atoms with E-state index in [1.54, 1.807) is 0 Å². The fourth-order valence-electron chi connectivity index (χ4n) is 1.16. The Balaban J connectivity index is 2.63. The molecule has 0 heterocycles. The molecule has 78 valence electrons. The van der Waals surface area contributed by atoms with Gasteiger partial charge in [0.2, 0.25) is 0 Å². The van der Waals surface area contributed by atoms with E-state index in [-0.39, 0.29) is 6.10 Å². The summed E-state index contributed by atoms with van der Waals surface area (Å²) < 4.78 is 0. The highest BCUT2D eigenvalue weighted by molar-refractivity contribution is 6.33. The van der Waals surface area contributed by atoms with E-state index in [2.05, 4.69) is 5.32 Å². The molecule has 1 rings (SSSR count). The third kappa shape index (κ3) is 2.89. The Morgan fingerprint density at radius 2 is 2.21 bits per heavy atom. The van der Waals surface area contributed by atoms with Crippen LogP contribution in [0.5, 0.6) is 0 Å². The van der Waals surface area contributed by atoms with E-state index in [0.29, 0.717) is 6.54 Å². The van der Waals surface area contributed by atoms with Crippen LogP contribution in [-0.2, 0) is 0 Å². The second-order valence-corrected chi connectivity index (χ2v) is 3.76. The molecule has 0 saturated carbocycles. The fourth-order valence-corrected chi connectivity index (χ4v) is 1.35. The number of hydrogen-bond donors (Lipinski definition) is 2. The van der Waals surface area contributed by atoms with Crippen LogP contribution in [0, 0.1) is 6.92 Å². The third-order valence-corrected chi connectivity index (χ3v) is 2.69. The van der Waals surface area contributed by atoms with Gasteiger partial charge in [-0.05, 0) is 25.0 Å². The Kier molecular flexibility index (Phi) is 4.23. The lowest BCUT2D eigenvalue weighted by atomic mass is 10.2. The van der Waals surface area contributed by atoms with Gasteiger partial charge in [0, 0.05) is 6.54 Å². The number of hydrogen-bond acceptors (Lipinski definition) is 2. The summed E-state index contributed by atoms with van der Waals surface area (Å²) in [6, 6.07) is 5.82. The summed E-state index contributed by atoms with van der Waals surface area (Å²) in [6.07, 6.45) is 0.433. The van der Waals surface area contributed by atoms with Crippen LogP contribution in [0.25, 0.3) is 0 Å². The predicted molar refractivity (Wildman–Crippen MR) is 61.0 cm³/mol. The molecular formula is C11H16ClNO. The van der Waals surface area contributed by atoms with Gasteiger partial charge in [-0.2, -0.15) is 0 Å². The summed E-state index contributed by atoms with van der Waals surface area (Å²) >= 11 is 6.08. The molecule has 0 aliphatic heterocycles. The molecule has 0 radical (unpaired) electrons. The van der Waals surface area contributed by atoms with Crippen molar-refractivity contribution in [3.05, 3.63) is 28.8 Å². The van der Waals surface area contributed by atoms with Crippen LogP contribution in [0.2, 0.25) is 5.02 Å². The summed E-state index contributed by atoms with van der Waals surface area (Å²) in [5, 5.41) is 13.2. The molecule has 1 atom stereocenters. The number of benzene rings is 1. The van der Waals surface area contributed by atoms with Gasteiger partial charge in [0.05, 0.1) is 16.8 Å². The summed E-state index contributed by atoms with van der Waals surface area (Å²) in [5.74, 6) is 0. The average Bonchev–Trinajstić information content (AvgIpc) is 2.20. The molecule has 0 amide bonds. The van der Waals surface area contributed by atoms with Gasteiger partial charge < -0.3 is 10.4 Å². The van der Waals surface area contributed by atoms with Crippen molar-refractivity contribution in [2.24, 2.45) is 0 Å². The lowest BCUT2D eigenvalue weighted by Gasteiger charge is -2.12. The smallest absolute Gasteiger partial charge is 0.0709 e. The standard InChI is InChI=1S/C11H16ClNO/c1-3-9(14)7-13-10-6-4-5-8(2)11(10)12/h4-6,9,13-14H,3,7H2,1-2H3/t9-/m1/s1. The molecule has 2 N–H and O–H groups in total. The number of rotatable bonds is 4. The number of aryl methyl sites for hydroxylation is 1. The Morgan fingerprint density at radius 1 is 1.50 bits per heavy atom. The summed E-state index contributed by atoms with van der Waals surface area (Å²) in [4.78, 5) is 0. The first-order valence-electron chi connectivity index (χ1n) is 4.82. The molecule has 0 bridgehead atoms. The number of aliphatic hydroxyl groups excluding tert-OH is 1. The van der Waals surface area contributed by atoms with Gasteiger partial charge in [-0.3, -0.25) is 0 Å². The normalized spacial score (nSPS) is 12.6. The molecule has 0 fully saturated rings. The van der Waals surface area contributed by atoms with E-state index in [1.807, 2.05) is 32.0 Å². The Morgan fingerprint density at radius 3 is 2.86 bits per heavy atom.